The number of nitrogens with zero attached hydrogens (tertiary/aromatic N) is 2. The Labute approximate surface area is 160 Å². The van der Waals surface area contributed by atoms with Crippen molar-refractivity contribution in [3.05, 3.63) is 59.7 Å². The van der Waals surface area contributed by atoms with E-state index in [0.29, 0.717) is 0 Å². The summed E-state index contributed by atoms with van der Waals surface area (Å²) < 4.78 is 11.2. The second-order valence-corrected chi connectivity index (χ2v) is 7.20. The molecular weight excluding hydrogens is 340 g/mol. The molecule has 1 saturated heterocycles. The maximum atomic E-state index is 12.9. The highest BCUT2D eigenvalue weighted by Gasteiger charge is 2.31. The number of aryl methyl sites for hydroxylation is 1. The SMILES string of the molecule is COc1ccc(CN2CCN(C(=O)C3CCc4ccccc4O3)CC2)cc1. The minimum Gasteiger partial charge on any atom is -0.497 e. The standard InChI is InChI=1S/C22H26N2O3/c1-26-19-9-6-17(7-10-19)16-23-12-14-24(15-13-23)22(25)21-11-8-18-4-2-3-5-20(18)27-21/h2-7,9-10,21H,8,11-16H2,1H3. The zero-order valence-corrected chi connectivity index (χ0v) is 15.8. The second-order valence-electron chi connectivity index (χ2n) is 7.20. The number of carbonyl (C=O) groups is 1. The van der Waals surface area contributed by atoms with Crippen LogP contribution in [0.2, 0.25) is 0 Å². The maximum Gasteiger partial charge on any atom is 0.263 e. The highest BCUT2D eigenvalue weighted by molar-refractivity contribution is 5.81. The number of benzene rings is 2. The van der Waals surface area contributed by atoms with Gasteiger partial charge < -0.3 is 14.4 Å². The molecule has 2 aliphatic rings. The van der Waals surface area contributed by atoms with Crippen LogP contribution in [-0.2, 0) is 17.8 Å². The third kappa shape index (κ3) is 4.08. The fourth-order valence-corrected chi connectivity index (χ4v) is 3.82. The fraction of sp³-hybridized carbons (Fsp3) is 0.409. The summed E-state index contributed by atoms with van der Waals surface area (Å²) >= 11 is 0. The number of hydrogen-bond donors (Lipinski definition) is 0. The molecule has 0 N–H and O–H groups in total. The Bertz CT molecular complexity index is 782. The molecule has 4 rings (SSSR count). The predicted molar refractivity (Wildman–Crippen MR) is 104 cm³/mol. The van der Waals surface area contributed by atoms with Crippen LogP contribution in [0.15, 0.2) is 48.5 Å². The Morgan fingerprint density at radius 1 is 1.07 bits per heavy atom. The summed E-state index contributed by atoms with van der Waals surface area (Å²) in [4.78, 5) is 17.2. The van der Waals surface area contributed by atoms with Gasteiger partial charge in [0.25, 0.3) is 5.91 Å². The largest absolute Gasteiger partial charge is 0.497 e. The minimum absolute atomic E-state index is 0.133. The summed E-state index contributed by atoms with van der Waals surface area (Å²) in [6.45, 7) is 4.20. The van der Waals surface area contributed by atoms with Crippen molar-refractivity contribution < 1.29 is 14.3 Å². The van der Waals surface area contributed by atoms with E-state index in [0.717, 1.165) is 57.1 Å². The predicted octanol–water partition coefficient (Wildman–Crippen LogP) is 2.73. The van der Waals surface area contributed by atoms with Gasteiger partial charge >= 0.3 is 0 Å². The van der Waals surface area contributed by atoms with Gasteiger partial charge in [-0.3, -0.25) is 9.69 Å². The number of fused-ring (bicyclic) bond motifs is 1. The first-order chi connectivity index (χ1) is 13.2. The number of hydrogen-bond acceptors (Lipinski definition) is 4. The van der Waals surface area contributed by atoms with Gasteiger partial charge in [-0.1, -0.05) is 30.3 Å². The molecule has 2 aliphatic heterocycles. The molecule has 0 bridgehead atoms. The van der Waals surface area contributed by atoms with Gasteiger partial charge in [-0.25, -0.2) is 0 Å². The van der Waals surface area contributed by atoms with Crippen LogP contribution in [0.5, 0.6) is 11.5 Å². The average molecular weight is 366 g/mol. The molecule has 0 aromatic heterocycles. The zero-order valence-electron chi connectivity index (χ0n) is 15.8. The Hall–Kier alpha value is -2.53. The minimum atomic E-state index is -0.340. The number of rotatable bonds is 4. The molecule has 0 saturated carbocycles. The molecule has 1 unspecified atom stereocenters. The van der Waals surface area contributed by atoms with Gasteiger partial charge in [0.2, 0.25) is 0 Å². The topological polar surface area (TPSA) is 42.0 Å². The number of methoxy groups -OCH3 is 1. The lowest BCUT2D eigenvalue weighted by Crippen LogP contribution is -2.52. The highest BCUT2D eigenvalue weighted by atomic mass is 16.5. The zero-order chi connectivity index (χ0) is 18.6. The van der Waals surface area contributed by atoms with Gasteiger partial charge in [0.15, 0.2) is 6.10 Å². The monoisotopic (exact) mass is 366 g/mol. The van der Waals surface area contributed by atoms with Gasteiger partial charge in [0.1, 0.15) is 11.5 Å². The molecule has 5 heteroatoms. The number of amides is 1. The summed E-state index contributed by atoms with van der Waals surface area (Å²) in [7, 11) is 1.68. The fourth-order valence-electron chi connectivity index (χ4n) is 3.82. The lowest BCUT2D eigenvalue weighted by molar-refractivity contribution is -0.141. The summed E-state index contributed by atoms with van der Waals surface area (Å²) in [6.07, 6.45) is 1.33. The van der Waals surface area contributed by atoms with Crippen molar-refractivity contribution in [2.24, 2.45) is 0 Å². The molecule has 1 fully saturated rings. The Kier molecular flexibility index (Phi) is 5.30. The number of carbonyl (C=O) groups excluding carboxylic acids is 1. The van der Waals surface area contributed by atoms with E-state index in [1.54, 1.807) is 7.11 Å². The third-order valence-electron chi connectivity index (χ3n) is 5.44. The van der Waals surface area contributed by atoms with Crippen LogP contribution >= 0.6 is 0 Å². The number of ether oxygens (including phenoxy) is 2. The van der Waals surface area contributed by atoms with Crippen LogP contribution < -0.4 is 9.47 Å². The molecule has 2 aromatic carbocycles. The summed E-state index contributed by atoms with van der Waals surface area (Å²) in [6, 6.07) is 16.2. The molecule has 27 heavy (non-hydrogen) atoms. The quantitative estimate of drug-likeness (QED) is 0.834. The molecule has 2 heterocycles. The first-order valence-corrected chi connectivity index (χ1v) is 9.61. The lowest BCUT2D eigenvalue weighted by Gasteiger charge is -2.37. The van der Waals surface area contributed by atoms with Gasteiger partial charge in [0, 0.05) is 32.7 Å². The summed E-state index contributed by atoms with van der Waals surface area (Å²) in [5.74, 6) is 1.87. The van der Waals surface area contributed by atoms with Gasteiger partial charge in [0.05, 0.1) is 7.11 Å². The van der Waals surface area contributed by atoms with Gasteiger partial charge in [-0.05, 0) is 42.2 Å². The van der Waals surface area contributed by atoms with Gasteiger partial charge in [-0.15, -0.1) is 0 Å². The molecule has 142 valence electrons. The Morgan fingerprint density at radius 2 is 1.81 bits per heavy atom. The van der Waals surface area contributed by atoms with Crippen molar-refractivity contribution in [1.82, 2.24) is 9.80 Å². The maximum absolute atomic E-state index is 12.9. The van der Waals surface area contributed by atoms with Crippen LogP contribution in [0.4, 0.5) is 0 Å². The van der Waals surface area contributed by atoms with E-state index in [1.165, 1.54) is 11.1 Å². The van der Waals surface area contributed by atoms with Crippen molar-refractivity contribution in [3.63, 3.8) is 0 Å². The van der Waals surface area contributed by atoms with Crippen molar-refractivity contribution >= 4 is 5.91 Å². The van der Waals surface area contributed by atoms with Crippen LogP contribution in [0, 0.1) is 0 Å². The Morgan fingerprint density at radius 3 is 2.56 bits per heavy atom. The number of para-hydroxylation sites is 1. The van der Waals surface area contributed by atoms with Crippen molar-refractivity contribution in [1.29, 1.82) is 0 Å². The molecule has 0 aliphatic carbocycles. The molecule has 5 nitrogen and oxygen atoms in total. The average Bonchev–Trinajstić information content (AvgIpc) is 2.74. The van der Waals surface area contributed by atoms with Gasteiger partial charge in [-0.2, -0.15) is 0 Å². The van der Waals surface area contributed by atoms with Crippen molar-refractivity contribution in [2.45, 2.75) is 25.5 Å². The first-order valence-electron chi connectivity index (χ1n) is 9.61. The summed E-state index contributed by atoms with van der Waals surface area (Å²) in [5.41, 5.74) is 2.47. The molecule has 0 spiro atoms. The van der Waals surface area contributed by atoms with E-state index in [2.05, 4.69) is 23.1 Å². The molecular formula is C22H26N2O3. The third-order valence-corrected chi connectivity index (χ3v) is 5.44. The Balaban J connectivity index is 1.29. The first kappa shape index (κ1) is 17.9. The second kappa shape index (κ2) is 8.01. The molecule has 0 radical (unpaired) electrons. The lowest BCUT2D eigenvalue weighted by atomic mass is 10.0. The van der Waals surface area contributed by atoms with Crippen LogP contribution in [0.25, 0.3) is 0 Å². The van der Waals surface area contributed by atoms with E-state index < -0.39 is 0 Å². The summed E-state index contributed by atoms with van der Waals surface area (Å²) in [5, 5.41) is 0. The van der Waals surface area contributed by atoms with Crippen LogP contribution in [-0.4, -0.2) is 55.1 Å². The smallest absolute Gasteiger partial charge is 0.263 e. The molecule has 1 atom stereocenters. The van der Waals surface area contributed by atoms with E-state index in [9.17, 15) is 4.79 Å². The molecule has 2 aromatic rings. The van der Waals surface area contributed by atoms with Crippen molar-refractivity contribution in [2.75, 3.05) is 33.3 Å². The molecule has 1 amide bonds. The number of piperazine rings is 1. The highest BCUT2D eigenvalue weighted by Crippen LogP contribution is 2.28. The van der Waals surface area contributed by atoms with E-state index >= 15 is 0 Å². The van der Waals surface area contributed by atoms with E-state index in [1.807, 2.05) is 35.2 Å². The van der Waals surface area contributed by atoms with E-state index in [4.69, 9.17) is 9.47 Å². The van der Waals surface area contributed by atoms with Crippen LogP contribution in [0.1, 0.15) is 17.5 Å². The van der Waals surface area contributed by atoms with E-state index in [-0.39, 0.29) is 12.0 Å². The van der Waals surface area contributed by atoms with Crippen LogP contribution in [0.3, 0.4) is 0 Å². The van der Waals surface area contributed by atoms with Crippen molar-refractivity contribution in [3.8, 4) is 11.5 Å². The normalized spacial score (nSPS) is 19.9.